The highest BCUT2D eigenvalue weighted by atomic mass is 32.1. The number of anilines is 1. The summed E-state index contributed by atoms with van der Waals surface area (Å²) in [5.41, 5.74) is 2.47. The van der Waals surface area contributed by atoms with E-state index >= 15 is 0 Å². The molecule has 0 bridgehead atoms. The number of esters is 1. The molecule has 1 N–H and O–H groups in total. The number of benzene rings is 2. The first-order valence-corrected chi connectivity index (χ1v) is 12.1. The van der Waals surface area contributed by atoms with Gasteiger partial charge in [-0.3, -0.25) is 9.59 Å². The number of nitrogens with one attached hydrogen (secondary N) is 1. The topological polar surface area (TPSA) is 86.1 Å². The largest absolute Gasteiger partial charge is 0.456 e. The normalized spacial score (nSPS) is 11.5. The molecule has 176 valence electrons. The summed E-state index contributed by atoms with van der Waals surface area (Å²) in [7, 11) is 0. The van der Waals surface area contributed by atoms with E-state index in [9.17, 15) is 9.59 Å². The lowest BCUT2D eigenvalue weighted by Gasteiger charge is -2.14. The third-order valence-corrected chi connectivity index (χ3v) is 6.32. The number of hydrogen-bond donors (Lipinski definition) is 1. The average Bonchev–Trinajstić information content (AvgIpc) is 3.42. The molecular weight excluding hydrogens is 448 g/mol. The zero-order chi connectivity index (χ0) is 24.1. The molecule has 0 spiro atoms. The molecular formula is C26H28N4O3S. The highest BCUT2D eigenvalue weighted by molar-refractivity contribution is 7.18. The van der Waals surface area contributed by atoms with Gasteiger partial charge in [-0.05, 0) is 37.1 Å². The van der Waals surface area contributed by atoms with Gasteiger partial charge >= 0.3 is 5.97 Å². The van der Waals surface area contributed by atoms with Crippen LogP contribution in [0.3, 0.4) is 0 Å². The predicted molar refractivity (Wildman–Crippen MR) is 134 cm³/mol. The third kappa shape index (κ3) is 5.88. The van der Waals surface area contributed by atoms with Crippen LogP contribution in [0, 0.1) is 0 Å². The second kappa shape index (κ2) is 10.2. The molecule has 4 aromatic rings. The van der Waals surface area contributed by atoms with E-state index in [4.69, 9.17) is 4.74 Å². The summed E-state index contributed by atoms with van der Waals surface area (Å²) in [5, 5.41) is 8.50. The van der Waals surface area contributed by atoms with Gasteiger partial charge in [-0.15, -0.1) is 11.3 Å². The maximum absolute atomic E-state index is 12.5. The third-order valence-electron chi connectivity index (χ3n) is 5.22. The van der Waals surface area contributed by atoms with Crippen LogP contribution in [-0.2, 0) is 26.2 Å². The van der Waals surface area contributed by atoms with E-state index in [1.54, 1.807) is 16.0 Å². The van der Waals surface area contributed by atoms with Crippen molar-refractivity contribution in [2.75, 3.05) is 11.9 Å². The molecule has 0 radical (unpaired) electrons. The fourth-order valence-corrected chi connectivity index (χ4v) is 4.42. The average molecular weight is 477 g/mol. The summed E-state index contributed by atoms with van der Waals surface area (Å²) in [6.07, 6.45) is 1.56. The number of hydrogen-bond acceptors (Lipinski definition) is 6. The SMILES string of the molecule is CC(C)(C)c1cc(NC(=O)COC(=O)CCCc2nc3ccccc3s2)n(-c2ccccc2)n1. The summed E-state index contributed by atoms with van der Waals surface area (Å²) in [5.74, 6) is -0.270. The summed E-state index contributed by atoms with van der Waals surface area (Å²) >= 11 is 1.64. The van der Waals surface area contributed by atoms with E-state index in [2.05, 4.69) is 36.2 Å². The molecule has 0 atom stereocenters. The van der Waals surface area contributed by atoms with Crippen molar-refractivity contribution in [2.24, 2.45) is 0 Å². The van der Waals surface area contributed by atoms with Crippen LogP contribution < -0.4 is 5.32 Å². The monoisotopic (exact) mass is 476 g/mol. The Bertz CT molecular complexity index is 1260. The Balaban J connectivity index is 1.30. The van der Waals surface area contributed by atoms with E-state index in [1.165, 1.54) is 0 Å². The fraction of sp³-hybridized carbons (Fsp3) is 0.308. The van der Waals surface area contributed by atoms with Gasteiger partial charge in [-0.2, -0.15) is 5.10 Å². The van der Waals surface area contributed by atoms with Crippen molar-refractivity contribution >= 4 is 39.2 Å². The van der Waals surface area contributed by atoms with E-state index in [-0.39, 0.29) is 18.4 Å². The molecule has 34 heavy (non-hydrogen) atoms. The van der Waals surface area contributed by atoms with Crippen LogP contribution in [0.25, 0.3) is 15.9 Å². The standard InChI is InChI=1S/C26H28N4O3S/c1-26(2,3)21-16-22(30(29-21)18-10-5-4-6-11-18)28-23(31)17-33-25(32)15-9-14-24-27-19-12-7-8-13-20(19)34-24/h4-8,10-13,16H,9,14-15,17H2,1-3H3,(H,28,31). The second-order valence-electron chi connectivity index (χ2n) is 9.05. The van der Waals surface area contributed by atoms with Gasteiger partial charge in [0.2, 0.25) is 0 Å². The number of para-hydroxylation sites is 2. The summed E-state index contributed by atoms with van der Waals surface area (Å²) in [4.78, 5) is 29.2. The van der Waals surface area contributed by atoms with Crippen LogP contribution in [-0.4, -0.2) is 33.2 Å². The van der Waals surface area contributed by atoms with Crippen molar-refractivity contribution in [3.63, 3.8) is 0 Å². The van der Waals surface area contributed by atoms with Crippen molar-refractivity contribution in [1.29, 1.82) is 0 Å². The summed E-state index contributed by atoms with van der Waals surface area (Å²) < 4.78 is 8.03. The molecule has 0 saturated carbocycles. The Morgan fingerprint density at radius 2 is 1.79 bits per heavy atom. The molecule has 0 unspecified atom stereocenters. The highest BCUT2D eigenvalue weighted by Crippen LogP contribution is 2.26. The smallest absolute Gasteiger partial charge is 0.306 e. The number of aromatic nitrogens is 3. The molecule has 1 amide bonds. The Morgan fingerprint density at radius 1 is 1.06 bits per heavy atom. The van der Waals surface area contributed by atoms with Crippen molar-refractivity contribution in [3.8, 4) is 5.69 Å². The minimum atomic E-state index is -0.405. The van der Waals surface area contributed by atoms with Gasteiger partial charge in [-0.1, -0.05) is 51.1 Å². The van der Waals surface area contributed by atoms with Crippen molar-refractivity contribution < 1.29 is 14.3 Å². The van der Waals surface area contributed by atoms with E-state index in [1.807, 2.05) is 60.7 Å². The molecule has 0 fully saturated rings. The molecule has 2 aromatic heterocycles. The first-order valence-electron chi connectivity index (χ1n) is 11.3. The lowest BCUT2D eigenvalue weighted by molar-refractivity contribution is -0.147. The van der Waals surface area contributed by atoms with Gasteiger partial charge in [0.1, 0.15) is 5.82 Å². The molecule has 2 aromatic carbocycles. The van der Waals surface area contributed by atoms with Gasteiger partial charge in [0.05, 0.1) is 26.6 Å². The highest BCUT2D eigenvalue weighted by Gasteiger charge is 2.21. The van der Waals surface area contributed by atoms with Gasteiger partial charge in [0.15, 0.2) is 6.61 Å². The number of carbonyl (C=O) groups is 2. The Labute approximate surface area is 202 Å². The maximum Gasteiger partial charge on any atom is 0.306 e. The Morgan fingerprint density at radius 3 is 2.53 bits per heavy atom. The molecule has 8 heteroatoms. The van der Waals surface area contributed by atoms with Crippen LogP contribution in [0.1, 0.15) is 44.3 Å². The first kappa shape index (κ1) is 23.6. The number of aryl methyl sites for hydroxylation is 1. The molecule has 0 aliphatic carbocycles. The van der Waals surface area contributed by atoms with E-state index in [0.717, 1.165) is 26.6 Å². The summed E-state index contributed by atoms with van der Waals surface area (Å²) in [6.45, 7) is 5.84. The van der Waals surface area contributed by atoms with Crippen molar-refractivity contribution in [2.45, 2.75) is 45.4 Å². The Hall–Kier alpha value is -3.52. The number of thiazole rings is 1. The minimum absolute atomic E-state index is 0.185. The van der Waals surface area contributed by atoms with Gasteiger partial charge in [0, 0.05) is 17.9 Å². The van der Waals surface area contributed by atoms with E-state index in [0.29, 0.717) is 18.7 Å². The molecule has 0 aliphatic heterocycles. The van der Waals surface area contributed by atoms with Crippen LogP contribution in [0.4, 0.5) is 5.82 Å². The quantitative estimate of drug-likeness (QED) is 0.350. The minimum Gasteiger partial charge on any atom is -0.456 e. The molecule has 0 saturated heterocycles. The number of rotatable bonds is 8. The maximum atomic E-state index is 12.5. The van der Waals surface area contributed by atoms with Gasteiger partial charge < -0.3 is 10.1 Å². The van der Waals surface area contributed by atoms with Gasteiger partial charge in [0.25, 0.3) is 5.91 Å². The van der Waals surface area contributed by atoms with Gasteiger partial charge in [-0.25, -0.2) is 9.67 Å². The molecule has 4 rings (SSSR count). The van der Waals surface area contributed by atoms with E-state index < -0.39 is 11.9 Å². The number of nitrogens with zero attached hydrogens (tertiary/aromatic N) is 3. The zero-order valence-electron chi connectivity index (χ0n) is 19.6. The number of fused-ring (bicyclic) bond motifs is 1. The zero-order valence-corrected chi connectivity index (χ0v) is 20.4. The Kier molecular flexibility index (Phi) is 7.07. The predicted octanol–water partition coefficient (Wildman–Crippen LogP) is 5.28. The molecule has 2 heterocycles. The lowest BCUT2D eigenvalue weighted by atomic mass is 9.92. The van der Waals surface area contributed by atoms with Crippen LogP contribution in [0.15, 0.2) is 60.7 Å². The molecule has 0 aliphatic rings. The van der Waals surface area contributed by atoms with Crippen molar-refractivity contribution in [3.05, 3.63) is 71.4 Å². The first-order chi connectivity index (χ1) is 16.3. The number of carbonyl (C=O) groups excluding carboxylic acids is 2. The van der Waals surface area contributed by atoms with Crippen LogP contribution >= 0.6 is 11.3 Å². The lowest BCUT2D eigenvalue weighted by Crippen LogP contribution is -2.22. The number of ether oxygens (including phenoxy) is 1. The summed E-state index contributed by atoms with van der Waals surface area (Å²) in [6, 6.07) is 19.4. The number of amides is 1. The van der Waals surface area contributed by atoms with Crippen molar-refractivity contribution in [1.82, 2.24) is 14.8 Å². The van der Waals surface area contributed by atoms with Crippen LogP contribution in [0.5, 0.6) is 0 Å². The second-order valence-corrected chi connectivity index (χ2v) is 10.2. The van der Waals surface area contributed by atoms with Crippen LogP contribution in [0.2, 0.25) is 0 Å². The molecule has 7 nitrogen and oxygen atoms in total. The fourth-order valence-electron chi connectivity index (χ4n) is 3.41.